The molecule has 2 aromatic rings. The minimum Gasteiger partial charge on any atom is -0.455 e. The van der Waals surface area contributed by atoms with Crippen LogP contribution in [0.3, 0.4) is 0 Å². The van der Waals surface area contributed by atoms with Gasteiger partial charge in [0.15, 0.2) is 23.1 Å². The summed E-state index contributed by atoms with van der Waals surface area (Å²) in [6.45, 7) is 0.548. The van der Waals surface area contributed by atoms with E-state index in [1.807, 2.05) is 0 Å². The van der Waals surface area contributed by atoms with E-state index in [0.29, 0.717) is 0 Å². The van der Waals surface area contributed by atoms with E-state index >= 15 is 0 Å². The molecule has 4 nitrogen and oxygen atoms in total. The largest absolute Gasteiger partial charge is 0.455 e. The molecule has 116 valence electrons. The van der Waals surface area contributed by atoms with Gasteiger partial charge in [-0.25, -0.2) is 8.78 Å². The Labute approximate surface area is 126 Å². The van der Waals surface area contributed by atoms with Gasteiger partial charge in [0.05, 0.1) is 13.2 Å². The van der Waals surface area contributed by atoms with Crippen LogP contribution in [-0.2, 0) is 9.47 Å². The third kappa shape index (κ3) is 3.35. The molecule has 6 heteroatoms. The first-order valence-electron chi connectivity index (χ1n) is 6.79. The Hall–Kier alpha value is -2.18. The van der Waals surface area contributed by atoms with E-state index in [9.17, 15) is 8.78 Å². The summed E-state index contributed by atoms with van der Waals surface area (Å²) in [5.41, 5.74) is 0. The van der Waals surface area contributed by atoms with E-state index < -0.39 is 24.2 Å². The maximum atomic E-state index is 13.6. The van der Waals surface area contributed by atoms with E-state index in [1.165, 1.54) is 24.3 Å². The van der Waals surface area contributed by atoms with Gasteiger partial charge in [-0.05, 0) is 24.3 Å². The number of hydrogen-bond acceptors (Lipinski definition) is 4. The van der Waals surface area contributed by atoms with Crippen LogP contribution in [0.15, 0.2) is 48.5 Å². The fraction of sp³-hybridized carbons (Fsp3) is 0.250. The number of hydrogen-bond donors (Lipinski definition) is 0. The van der Waals surface area contributed by atoms with Crippen LogP contribution < -0.4 is 9.47 Å². The van der Waals surface area contributed by atoms with Crippen LogP contribution in [-0.4, -0.2) is 25.8 Å². The lowest BCUT2D eigenvalue weighted by molar-refractivity contribution is -0.271. The lowest BCUT2D eigenvalue weighted by atomic mass is 10.3. The molecule has 3 rings (SSSR count). The fourth-order valence-corrected chi connectivity index (χ4v) is 2.00. The van der Waals surface area contributed by atoms with Crippen molar-refractivity contribution >= 4 is 0 Å². The minimum atomic E-state index is -0.995. The van der Waals surface area contributed by atoms with Crippen molar-refractivity contribution in [1.82, 2.24) is 0 Å². The molecule has 2 atom stereocenters. The zero-order valence-corrected chi connectivity index (χ0v) is 11.6. The highest BCUT2D eigenvalue weighted by atomic mass is 19.1. The fourth-order valence-electron chi connectivity index (χ4n) is 2.00. The van der Waals surface area contributed by atoms with Gasteiger partial charge in [0.1, 0.15) is 0 Å². The summed E-state index contributed by atoms with van der Waals surface area (Å²) in [5, 5.41) is 0. The normalized spacial score (nSPS) is 21.4. The van der Waals surface area contributed by atoms with Crippen molar-refractivity contribution in [3.05, 3.63) is 60.2 Å². The van der Waals surface area contributed by atoms with Gasteiger partial charge in [0.25, 0.3) is 12.6 Å². The topological polar surface area (TPSA) is 36.9 Å². The van der Waals surface area contributed by atoms with Gasteiger partial charge in [-0.2, -0.15) is 0 Å². The molecular formula is C16H14F2O4. The number of benzene rings is 2. The molecule has 0 bridgehead atoms. The molecule has 1 aliphatic rings. The summed E-state index contributed by atoms with van der Waals surface area (Å²) < 4.78 is 49.0. The first-order valence-corrected chi connectivity index (χ1v) is 6.79. The van der Waals surface area contributed by atoms with Crippen molar-refractivity contribution in [1.29, 1.82) is 0 Å². The molecule has 1 heterocycles. The highest BCUT2D eigenvalue weighted by Crippen LogP contribution is 2.24. The van der Waals surface area contributed by atoms with E-state index in [1.54, 1.807) is 24.3 Å². The standard InChI is InChI=1S/C16H14F2O4/c17-11-5-1-3-7-13(11)21-15-16(20-10-9-19-15)22-14-8-4-2-6-12(14)18/h1-8,15-16H,9-10H2/t15-,16+. The third-order valence-electron chi connectivity index (χ3n) is 3.03. The summed E-state index contributed by atoms with van der Waals surface area (Å²) >= 11 is 0. The molecule has 1 saturated heterocycles. The van der Waals surface area contributed by atoms with Crippen molar-refractivity contribution < 1.29 is 27.7 Å². The Morgan fingerprint density at radius 1 is 0.727 bits per heavy atom. The lowest BCUT2D eigenvalue weighted by Crippen LogP contribution is -2.45. The van der Waals surface area contributed by atoms with Crippen molar-refractivity contribution in [3.8, 4) is 11.5 Å². The number of halogens is 2. The van der Waals surface area contributed by atoms with Crippen LogP contribution in [0.25, 0.3) is 0 Å². The number of rotatable bonds is 4. The second-order valence-corrected chi connectivity index (χ2v) is 4.57. The average Bonchev–Trinajstić information content (AvgIpc) is 2.53. The number of ether oxygens (including phenoxy) is 4. The van der Waals surface area contributed by atoms with Gasteiger partial charge in [-0.15, -0.1) is 0 Å². The van der Waals surface area contributed by atoms with Gasteiger partial charge in [0, 0.05) is 0 Å². The predicted octanol–water partition coefficient (Wildman–Crippen LogP) is 3.12. The molecule has 0 N–H and O–H groups in total. The smallest absolute Gasteiger partial charge is 0.263 e. The lowest BCUT2D eigenvalue weighted by Gasteiger charge is -2.31. The second kappa shape index (κ2) is 6.72. The van der Waals surface area contributed by atoms with Crippen LogP contribution in [0, 0.1) is 11.6 Å². The molecule has 0 aromatic heterocycles. The van der Waals surface area contributed by atoms with E-state index in [-0.39, 0.29) is 24.7 Å². The molecule has 0 saturated carbocycles. The minimum absolute atomic E-state index is 0.0140. The molecule has 0 spiro atoms. The monoisotopic (exact) mass is 308 g/mol. The molecular weight excluding hydrogens is 294 g/mol. The average molecular weight is 308 g/mol. The second-order valence-electron chi connectivity index (χ2n) is 4.57. The zero-order chi connectivity index (χ0) is 15.4. The third-order valence-corrected chi connectivity index (χ3v) is 3.03. The van der Waals surface area contributed by atoms with Crippen LogP contribution in [0.2, 0.25) is 0 Å². The molecule has 1 fully saturated rings. The highest BCUT2D eigenvalue weighted by Gasteiger charge is 2.32. The van der Waals surface area contributed by atoms with E-state index in [4.69, 9.17) is 18.9 Å². The van der Waals surface area contributed by atoms with Crippen molar-refractivity contribution in [2.75, 3.05) is 13.2 Å². The SMILES string of the molecule is Fc1ccccc1O[C@H]1OCCO[C@H]1Oc1ccccc1F. The quantitative estimate of drug-likeness (QED) is 0.869. The number of para-hydroxylation sites is 2. The molecule has 1 aliphatic heterocycles. The summed E-state index contributed by atoms with van der Waals surface area (Å²) in [5.74, 6) is -1.03. The van der Waals surface area contributed by atoms with E-state index in [0.717, 1.165) is 0 Å². The maximum absolute atomic E-state index is 13.6. The van der Waals surface area contributed by atoms with Gasteiger partial charge in [-0.1, -0.05) is 24.3 Å². The maximum Gasteiger partial charge on any atom is 0.263 e. The summed E-state index contributed by atoms with van der Waals surface area (Å²) in [6, 6.07) is 11.8. The van der Waals surface area contributed by atoms with Crippen LogP contribution >= 0.6 is 0 Å². The van der Waals surface area contributed by atoms with Gasteiger partial charge >= 0.3 is 0 Å². The highest BCUT2D eigenvalue weighted by molar-refractivity contribution is 5.25. The van der Waals surface area contributed by atoms with Gasteiger partial charge < -0.3 is 18.9 Å². The molecule has 2 aromatic carbocycles. The molecule has 22 heavy (non-hydrogen) atoms. The summed E-state index contributed by atoms with van der Waals surface area (Å²) in [6.07, 6.45) is -1.99. The van der Waals surface area contributed by atoms with Crippen LogP contribution in [0.5, 0.6) is 11.5 Å². The first kappa shape index (κ1) is 14.7. The van der Waals surface area contributed by atoms with Crippen molar-refractivity contribution in [2.45, 2.75) is 12.6 Å². The zero-order valence-electron chi connectivity index (χ0n) is 11.6. The molecule has 0 unspecified atom stereocenters. The molecule has 0 amide bonds. The van der Waals surface area contributed by atoms with Crippen LogP contribution in [0.1, 0.15) is 0 Å². The van der Waals surface area contributed by atoms with E-state index in [2.05, 4.69) is 0 Å². The Bertz CT molecular complexity index is 580. The molecule has 0 aliphatic carbocycles. The predicted molar refractivity (Wildman–Crippen MR) is 73.5 cm³/mol. The Balaban J connectivity index is 1.74. The summed E-state index contributed by atoms with van der Waals surface area (Å²) in [4.78, 5) is 0. The van der Waals surface area contributed by atoms with Crippen molar-refractivity contribution in [2.24, 2.45) is 0 Å². The van der Waals surface area contributed by atoms with Gasteiger partial charge in [0.2, 0.25) is 0 Å². The first-order chi connectivity index (χ1) is 10.7. The van der Waals surface area contributed by atoms with Gasteiger partial charge in [-0.3, -0.25) is 0 Å². The Morgan fingerprint density at radius 2 is 1.14 bits per heavy atom. The Morgan fingerprint density at radius 3 is 1.55 bits per heavy atom. The summed E-state index contributed by atoms with van der Waals surface area (Å²) in [7, 11) is 0. The molecule has 0 radical (unpaired) electrons. The van der Waals surface area contributed by atoms with Crippen molar-refractivity contribution in [3.63, 3.8) is 0 Å². The van der Waals surface area contributed by atoms with Crippen LogP contribution in [0.4, 0.5) is 8.78 Å². The Kier molecular flexibility index (Phi) is 4.50.